The predicted molar refractivity (Wildman–Crippen MR) is 84.7 cm³/mol. The first-order valence-electron chi connectivity index (χ1n) is 7.82. The number of carbonyl (C=O) groups is 2. The highest BCUT2D eigenvalue weighted by Crippen LogP contribution is 2.18. The molecule has 1 aromatic rings. The van der Waals surface area contributed by atoms with Gasteiger partial charge in [0.1, 0.15) is 0 Å². The molecule has 0 atom stereocenters. The Morgan fingerprint density at radius 1 is 1.09 bits per heavy atom. The number of rotatable bonds is 1. The highest BCUT2D eigenvalue weighted by molar-refractivity contribution is 5.92. The van der Waals surface area contributed by atoms with Gasteiger partial charge in [0.2, 0.25) is 5.91 Å². The number of amides is 2. The van der Waals surface area contributed by atoms with E-state index < -0.39 is 0 Å². The summed E-state index contributed by atoms with van der Waals surface area (Å²) in [6.07, 6.45) is 0.810. The third-order valence-electron chi connectivity index (χ3n) is 3.97. The number of hydrogen-bond acceptors (Lipinski definition) is 3. The highest BCUT2D eigenvalue weighted by atomic mass is 16.2. The minimum Gasteiger partial charge on any atom is -0.341 e. The van der Waals surface area contributed by atoms with E-state index in [9.17, 15) is 9.59 Å². The van der Waals surface area contributed by atoms with Crippen LogP contribution in [0.1, 0.15) is 50.3 Å². The van der Waals surface area contributed by atoms with Crippen LogP contribution in [0.5, 0.6) is 0 Å². The molecule has 0 aromatic carbocycles. The Hall–Kier alpha value is -1.85. The second-order valence-electron chi connectivity index (χ2n) is 6.91. The van der Waals surface area contributed by atoms with E-state index >= 15 is 0 Å². The second kappa shape index (κ2) is 6.10. The first-order chi connectivity index (χ1) is 10.2. The van der Waals surface area contributed by atoms with Crippen molar-refractivity contribution in [2.75, 3.05) is 26.2 Å². The van der Waals surface area contributed by atoms with E-state index in [1.165, 1.54) is 0 Å². The summed E-state index contributed by atoms with van der Waals surface area (Å²) in [5.41, 5.74) is 1.33. The van der Waals surface area contributed by atoms with E-state index in [-0.39, 0.29) is 17.4 Å². The summed E-state index contributed by atoms with van der Waals surface area (Å²) in [5, 5.41) is 4.49. The molecule has 0 bridgehead atoms. The molecule has 0 spiro atoms. The van der Waals surface area contributed by atoms with Gasteiger partial charge in [0.15, 0.2) is 5.69 Å². The molecule has 1 aromatic heterocycles. The van der Waals surface area contributed by atoms with Gasteiger partial charge in [-0.05, 0) is 40.2 Å². The molecule has 0 N–H and O–H groups in total. The van der Waals surface area contributed by atoms with Gasteiger partial charge < -0.3 is 9.80 Å². The lowest BCUT2D eigenvalue weighted by molar-refractivity contribution is -0.128. The normalized spacial score (nSPS) is 16.6. The van der Waals surface area contributed by atoms with Crippen LogP contribution in [-0.4, -0.2) is 57.6 Å². The van der Waals surface area contributed by atoms with Crippen molar-refractivity contribution in [2.24, 2.45) is 0 Å². The van der Waals surface area contributed by atoms with Crippen molar-refractivity contribution in [3.63, 3.8) is 0 Å². The van der Waals surface area contributed by atoms with Gasteiger partial charge in [0.25, 0.3) is 5.91 Å². The standard InChI is InChI=1S/C16H26N4O2/c1-12-11-14(17-20(12)16(3,4)5)15(22)19-8-6-7-18(9-10-19)13(2)21/h11H,6-10H2,1-5H3. The van der Waals surface area contributed by atoms with Crippen LogP contribution in [-0.2, 0) is 10.3 Å². The summed E-state index contributed by atoms with van der Waals surface area (Å²) >= 11 is 0. The number of aromatic nitrogens is 2. The fourth-order valence-electron chi connectivity index (χ4n) is 2.86. The molecule has 1 aliphatic rings. The summed E-state index contributed by atoms with van der Waals surface area (Å²) in [6, 6.07) is 1.85. The van der Waals surface area contributed by atoms with Gasteiger partial charge in [-0.15, -0.1) is 0 Å². The number of hydrogen-bond donors (Lipinski definition) is 0. The third-order valence-corrected chi connectivity index (χ3v) is 3.97. The molecular weight excluding hydrogens is 280 g/mol. The molecule has 2 rings (SSSR count). The molecule has 0 saturated carbocycles. The van der Waals surface area contributed by atoms with Crippen LogP contribution in [0.2, 0.25) is 0 Å². The first-order valence-corrected chi connectivity index (χ1v) is 7.82. The Labute approximate surface area is 132 Å². The topological polar surface area (TPSA) is 58.4 Å². The van der Waals surface area contributed by atoms with Crippen LogP contribution in [0.3, 0.4) is 0 Å². The molecule has 2 heterocycles. The quantitative estimate of drug-likeness (QED) is 0.792. The van der Waals surface area contributed by atoms with Gasteiger partial charge in [0.05, 0.1) is 5.54 Å². The monoisotopic (exact) mass is 306 g/mol. The van der Waals surface area contributed by atoms with Gasteiger partial charge in [-0.2, -0.15) is 5.10 Å². The average molecular weight is 306 g/mol. The molecule has 0 unspecified atom stereocenters. The fourth-order valence-corrected chi connectivity index (χ4v) is 2.86. The van der Waals surface area contributed by atoms with Gasteiger partial charge in [0, 0.05) is 38.8 Å². The summed E-state index contributed by atoms with van der Waals surface area (Å²) in [5.74, 6) is 0.0265. The Bertz CT molecular complexity index is 571. The zero-order chi connectivity index (χ0) is 16.5. The molecule has 2 amide bonds. The Morgan fingerprint density at radius 2 is 1.68 bits per heavy atom. The lowest BCUT2D eigenvalue weighted by Gasteiger charge is -2.22. The van der Waals surface area contributed by atoms with Crippen LogP contribution in [0, 0.1) is 6.92 Å². The van der Waals surface area contributed by atoms with E-state index in [4.69, 9.17) is 0 Å². The second-order valence-corrected chi connectivity index (χ2v) is 6.91. The smallest absolute Gasteiger partial charge is 0.274 e. The van der Waals surface area contributed by atoms with E-state index in [0.717, 1.165) is 12.1 Å². The maximum Gasteiger partial charge on any atom is 0.274 e. The molecule has 0 aliphatic carbocycles. The zero-order valence-corrected chi connectivity index (χ0v) is 14.2. The van der Waals surface area contributed by atoms with Gasteiger partial charge in [-0.3, -0.25) is 14.3 Å². The summed E-state index contributed by atoms with van der Waals surface area (Å²) in [7, 11) is 0. The summed E-state index contributed by atoms with van der Waals surface area (Å²) in [6.45, 7) is 12.3. The average Bonchev–Trinajstić information content (AvgIpc) is 2.66. The Kier molecular flexibility index (Phi) is 4.58. The SMILES string of the molecule is CC(=O)N1CCCN(C(=O)c2cc(C)n(C(C)(C)C)n2)CC1. The molecule has 122 valence electrons. The van der Waals surface area contributed by atoms with Gasteiger partial charge >= 0.3 is 0 Å². The van der Waals surface area contributed by atoms with Crippen molar-refractivity contribution in [3.05, 3.63) is 17.5 Å². The number of aryl methyl sites for hydroxylation is 1. The van der Waals surface area contributed by atoms with Crippen molar-refractivity contribution >= 4 is 11.8 Å². The van der Waals surface area contributed by atoms with Crippen molar-refractivity contribution in [3.8, 4) is 0 Å². The molecule has 0 radical (unpaired) electrons. The minimum absolute atomic E-state index is 0.0449. The van der Waals surface area contributed by atoms with E-state index in [2.05, 4.69) is 25.9 Å². The minimum atomic E-state index is -0.146. The van der Waals surface area contributed by atoms with Gasteiger partial charge in [-0.25, -0.2) is 0 Å². The summed E-state index contributed by atoms with van der Waals surface area (Å²) < 4.78 is 1.89. The van der Waals surface area contributed by atoms with E-state index in [1.54, 1.807) is 16.7 Å². The zero-order valence-electron chi connectivity index (χ0n) is 14.2. The molecule has 1 saturated heterocycles. The van der Waals surface area contributed by atoms with Crippen molar-refractivity contribution in [1.29, 1.82) is 0 Å². The maximum atomic E-state index is 12.7. The van der Waals surface area contributed by atoms with Crippen LogP contribution in [0.4, 0.5) is 0 Å². The molecule has 6 nitrogen and oxygen atoms in total. The van der Waals surface area contributed by atoms with E-state index in [1.807, 2.05) is 17.7 Å². The predicted octanol–water partition coefficient (Wildman–Crippen LogP) is 1.64. The van der Waals surface area contributed by atoms with Gasteiger partial charge in [-0.1, -0.05) is 0 Å². The van der Waals surface area contributed by atoms with Crippen LogP contribution < -0.4 is 0 Å². The fraction of sp³-hybridized carbons (Fsp3) is 0.688. The third kappa shape index (κ3) is 3.48. The summed E-state index contributed by atoms with van der Waals surface area (Å²) in [4.78, 5) is 27.7. The number of nitrogens with zero attached hydrogens (tertiary/aromatic N) is 4. The molecule has 22 heavy (non-hydrogen) atoms. The van der Waals surface area contributed by atoms with Crippen molar-refractivity contribution in [1.82, 2.24) is 19.6 Å². The molecule has 1 fully saturated rings. The molecule has 6 heteroatoms. The number of carbonyl (C=O) groups excluding carboxylic acids is 2. The maximum absolute atomic E-state index is 12.7. The van der Waals surface area contributed by atoms with E-state index in [0.29, 0.717) is 31.9 Å². The van der Waals surface area contributed by atoms with Crippen LogP contribution in [0.15, 0.2) is 6.07 Å². The first kappa shape index (κ1) is 16.5. The Morgan fingerprint density at radius 3 is 2.23 bits per heavy atom. The van der Waals surface area contributed by atoms with Crippen LogP contribution >= 0.6 is 0 Å². The Balaban J connectivity index is 2.13. The van der Waals surface area contributed by atoms with Crippen molar-refractivity contribution < 1.29 is 9.59 Å². The van der Waals surface area contributed by atoms with Crippen molar-refractivity contribution in [2.45, 2.75) is 46.6 Å². The molecule has 1 aliphatic heterocycles. The lowest BCUT2D eigenvalue weighted by Crippen LogP contribution is -2.36. The largest absolute Gasteiger partial charge is 0.341 e. The van der Waals surface area contributed by atoms with Crippen LogP contribution in [0.25, 0.3) is 0 Å². The highest BCUT2D eigenvalue weighted by Gasteiger charge is 2.25. The molecular formula is C16H26N4O2. The lowest BCUT2D eigenvalue weighted by atomic mass is 10.1.